The topological polar surface area (TPSA) is 55.4 Å². The van der Waals surface area contributed by atoms with Crippen LogP contribution in [-0.4, -0.2) is 11.9 Å². The van der Waals surface area contributed by atoms with Crippen LogP contribution in [0.3, 0.4) is 0 Å². The lowest BCUT2D eigenvalue weighted by Gasteiger charge is -2.09. The molecule has 0 aromatic heterocycles. The molecule has 2 rings (SSSR count). The van der Waals surface area contributed by atoms with E-state index in [2.05, 4.69) is 12.2 Å². The van der Waals surface area contributed by atoms with Crippen LogP contribution >= 0.6 is 0 Å². The van der Waals surface area contributed by atoms with Crippen LogP contribution in [0.2, 0.25) is 0 Å². The molecule has 1 N–H and O–H groups in total. The first kappa shape index (κ1) is 15.8. The molecule has 0 radical (unpaired) electrons. The Morgan fingerprint density at radius 3 is 2.36 bits per heavy atom. The quantitative estimate of drug-likeness (QED) is 0.691. The summed E-state index contributed by atoms with van der Waals surface area (Å²) in [5.41, 5.74) is 3.08. The van der Waals surface area contributed by atoms with Gasteiger partial charge in [0.15, 0.2) is 0 Å². The molecule has 0 saturated heterocycles. The first-order valence-corrected chi connectivity index (χ1v) is 7.19. The van der Waals surface area contributed by atoms with E-state index >= 15 is 0 Å². The Balaban J connectivity index is 2.16. The highest BCUT2D eigenvalue weighted by Crippen LogP contribution is 2.19. The summed E-state index contributed by atoms with van der Waals surface area (Å²) >= 11 is 0. The summed E-state index contributed by atoms with van der Waals surface area (Å²) in [4.78, 5) is 23.4. The van der Waals surface area contributed by atoms with E-state index in [1.807, 2.05) is 19.1 Å². The highest BCUT2D eigenvalue weighted by molar-refractivity contribution is 5.95. The van der Waals surface area contributed by atoms with Crippen LogP contribution in [0.5, 0.6) is 5.75 Å². The third kappa shape index (κ3) is 3.95. The average molecular weight is 297 g/mol. The van der Waals surface area contributed by atoms with Gasteiger partial charge >= 0.3 is 5.97 Å². The van der Waals surface area contributed by atoms with E-state index in [9.17, 15) is 9.59 Å². The van der Waals surface area contributed by atoms with Gasteiger partial charge in [-0.25, -0.2) is 4.79 Å². The average Bonchev–Trinajstić information content (AvgIpc) is 2.49. The molecule has 0 aliphatic heterocycles. The van der Waals surface area contributed by atoms with Crippen LogP contribution < -0.4 is 10.1 Å². The predicted molar refractivity (Wildman–Crippen MR) is 86.3 cm³/mol. The molecule has 0 atom stereocenters. The van der Waals surface area contributed by atoms with E-state index in [4.69, 9.17) is 4.74 Å². The van der Waals surface area contributed by atoms with Crippen molar-refractivity contribution in [1.82, 2.24) is 0 Å². The lowest BCUT2D eigenvalue weighted by Crippen LogP contribution is -2.11. The third-order valence-corrected chi connectivity index (χ3v) is 3.33. The van der Waals surface area contributed by atoms with Crippen LogP contribution in [0.15, 0.2) is 42.5 Å². The smallest absolute Gasteiger partial charge is 0.343 e. The van der Waals surface area contributed by atoms with Gasteiger partial charge in [-0.05, 0) is 48.7 Å². The second-order valence-electron chi connectivity index (χ2n) is 5.10. The molecule has 22 heavy (non-hydrogen) atoms. The fraction of sp³-hybridized carbons (Fsp3) is 0.222. The normalized spacial score (nSPS) is 10.1. The fourth-order valence-corrected chi connectivity index (χ4v) is 2.03. The SMILES string of the molecule is CCc1ccc(OC(=O)c2ccc(C)c(NC(C)=O)c2)cc1. The Kier molecular flexibility index (Phi) is 4.94. The molecule has 0 aliphatic rings. The minimum Gasteiger partial charge on any atom is -0.423 e. The zero-order chi connectivity index (χ0) is 16.1. The van der Waals surface area contributed by atoms with Crippen LogP contribution in [-0.2, 0) is 11.2 Å². The van der Waals surface area contributed by atoms with E-state index < -0.39 is 5.97 Å². The zero-order valence-electron chi connectivity index (χ0n) is 13.0. The van der Waals surface area contributed by atoms with Crippen LogP contribution in [0.25, 0.3) is 0 Å². The van der Waals surface area contributed by atoms with Gasteiger partial charge in [0.25, 0.3) is 0 Å². The number of carbonyl (C=O) groups is 2. The van der Waals surface area contributed by atoms with Crippen molar-refractivity contribution in [3.05, 3.63) is 59.2 Å². The zero-order valence-corrected chi connectivity index (χ0v) is 13.0. The molecule has 114 valence electrons. The summed E-state index contributed by atoms with van der Waals surface area (Å²) in [5.74, 6) is -0.122. The van der Waals surface area contributed by atoms with Crippen molar-refractivity contribution >= 4 is 17.6 Å². The van der Waals surface area contributed by atoms with Gasteiger partial charge in [0.1, 0.15) is 5.75 Å². The Morgan fingerprint density at radius 1 is 1.09 bits per heavy atom. The number of carbonyl (C=O) groups excluding carboxylic acids is 2. The van der Waals surface area contributed by atoms with Crippen molar-refractivity contribution < 1.29 is 14.3 Å². The molecule has 0 saturated carbocycles. The van der Waals surface area contributed by atoms with Gasteiger partial charge in [0, 0.05) is 12.6 Å². The molecule has 2 aromatic carbocycles. The predicted octanol–water partition coefficient (Wildman–Crippen LogP) is 3.74. The molecule has 0 bridgehead atoms. The molecule has 0 aliphatic carbocycles. The number of benzene rings is 2. The molecule has 1 amide bonds. The van der Waals surface area contributed by atoms with Crippen molar-refractivity contribution in [2.75, 3.05) is 5.32 Å². The van der Waals surface area contributed by atoms with Gasteiger partial charge in [0.2, 0.25) is 5.91 Å². The maximum atomic E-state index is 12.2. The lowest BCUT2D eigenvalue weighted by atomic mass is 10.1. The monoisotopic (exact) mass is 297 g/mol. The summed E-state index contributed by atoms with van der Waals surface area (Å²) in [5, 5.41) is 2.70. The standard InChI is InChI=1S/C18H19NO3/c1-4-14-6-9-16(10-7-14)22-18(21)15-8-5-12(2)17(11-15)19-13(3)20/h5-11H,4H2,1-3H3,(H,19,20). The first-order chi connectivity index (χ1) is 10.5. The maximum Gasteiger partial charge on any atom is 0.343 e. The van der Waals surface area contributed by atoms with Crippen molar-refractivity contribution in [2.45, 2.75) is 27.2 Å². The Morgan fingerprint density at radius 2 is 1.77 bits per heavy atom. The summed E-state index contributed by atoms with van der Waals surface area (Å²) in [7, 11) is 0. The van der Waals surface area contributed by atoms with E-state index in [0.29, 0.717) is 17.0 Å². The number of esters is 1. The molecular formula is C18H19NO3. The molecule has 0 heterocycles. The molecule has 2 aromatic rings. The second-order valence-corrected chi connectivity index (χ2v) is 5.10. The van der Waals surface area contributed by atoms with Gasteiger partial charge in [-0.15, -0.1) is 0 Å². The summed E-state index contributed by atoms with van der Waals surface area (Å²) in [6.07, 6.45) is 0.937. The highest BCUT2D eigenvalue weighted by Gasteiger charge is 2.11. The van der Waals surface area contributed by atoms with Gasteiger partial charge < -0.3 is 10.1 Å². The van der Waals surface area contributed by atoms with E-state index in [1.165, 1.54) is 12.5 Å². The van der Waals surface area contributed by atoms with Crippen molar-refractivity contribution in [3.63, 3.8) is 0 Å². The van der Waals surface area contributed by atoms with Gasteiger partial charge in [0.05, 0.1) is 5.56 Å². The molecule has 0 unspecified atom stereocenters. The minimum absolute atomic E-state index is 0.177. The minimum atomic E-state index is -0.448. The maximum absolute atomic E-state index is 12.2. The second kappa shape index (κ2) is 6.89. The van der Waals surface area contributed by atoms with Crippen LogP contribution in [0.4, 0.5) is 5.69 Å². The van der Waals surface area contributed by atoms with Gasteiger partial charge in [-0.1, -0.05) is 25.1 Å². The van der Waals surface area contributed by atoms with Crippen molar-refractivity contribution in [1.29, 1.82) is 0 Å². The highest BCUT2D eigenvalue weighted by atomic mass is 16.5. The number of rotatable bonds is 4. The fourth-order valence-electron chi connectivity index (χ4n) is 2.03. The summed E-state index contributed by atoms with van der Waals surface area (Å²) < 4.78 is 5.35. The number of hydrogen-bond donors (Lipinski definition) is 1. The van der Waals surface area contributed by atoms with Crippen molar-refractivity contribution in [3.8, 4) is 5.75 Å². The molecule has 4 nitrogen and oxygen atoms in total. The first-order valence-electron chi connectivity index (χ1n) is 7.19. The van der Waals surface area contributed by atoms with E-state index in [1.54, 1.807) is 30.3 Å². The Bertz CT molecular complexity index is 690. The van der Waals surface area contributed by atoms with E-state index in [-0.39, 0.29) is 5.91 Å². The number of ether oxygens (including phenoxy) is 1. The molecular weight excluding hydrogens is 278 g/mol. The largest absolute Gasteiger partial charge is 0.423 e. The third-order valence-electron chi connectivity index (χ3n) is 3.33. The Labute approximate surface area is 130 Å². The van der Waals surface area contributed by atoms with Crippen LogP contribution in [0.1, 0.15) is 35.3 Å². The summed E-state index contributed by atoms with van der Waals surface area (Å²) in [6, 6.07) is 12.5. The number of nitrogens with one attached hydrogen (secondary N) is 1. The van der Waals surface area contributed by atoms with Gasteiger partial charge in [-0.2, -0.15) is 0 Å². The lowest BCUT2D eigenvalue weighted by molar-refractivity contribution is -0.114. The van der Waals surface area contributed by atoms with Gasteiger partial charge in [-0.3, -0.25) is 4.79 Å². The number of aryl methyl sites for hydroxylation is 2. The molecule has 0 spiro atoms. The Hall–Kier alpha value is -2.62. The number of hydrogen-bond acceptors (Lipinski definition) is 3. The van der Waals surface area contributed by atoms with Crippen LogP contribution in [0, 0.1) is 6.92 Å². The number of anilines is 1. The van der Waals surface area contributed by atoms with E-state index in [0.717, 1.165) is 12.0 Å². The summed E-state index contributed by atoms with van der Waals surface area (Å²) in [6.45, 7) is 5.36. The number of amides is 1. The molecule has 4 heteroatoms. The van der Waals surface area contributed by atoms with Crippen molar-refractivity contribution in [2.24, 2.45) is 0 Å². The molecule has 0 fully saturated rings.